The number of alkyl halides is 2. The largest absolute Gasteiger partial charge is 0.444 e. The minimum Gasteiger partial charge on any atom is -0.444 e. The Morgan fingerprint density at radius 3 is 2.41 bits per heavy atom. The van der Waals surface area contributed by atoms with E-state index >= 15 is 4.39 Å². The quantitative estimate of drug-likeness (QED) is 0.323. The third-order valence-electron chi connectivity index (χ3n) is 7.33. The summed E-state index contributed by atoms with van der Waals surface area (Å²) in [5.41, 5.74) is 1.50. The van der Waals surface area contributed by atoms with Gasteiger partial charge in [0.15, 0.2) is 0 Å². The van der Waals surface area contributed by atoms with Crippen molar-refractivity contribution >= 4 is 29.6 Å². The lowest BCUT2D eigenvalue weighted by atomic mass is 10.1. The van der Waals surface area contributed by atoms with E-state index < -0.39 is 29.8 Å². The van der Waals surface area contributed by atoms with Gasteiger partial charge in [-0.3, -0.25) is 9.78 Å². The number of hydrogen-bond donors (Lipinski definition) is 0. The topological polar surface area (TPSA) is 117 Å². The highest BCUT2D eigenvalue weighted by Crippen LogP contribution is 2.38. The van der Waals surface area contributed by atoms with Crippen LogP contribution >= 0.6 is 0 Å². The first-order valence-corrected chi connectivity index (χ1v) is 14.1. The standard InChI is InChI=1S/C29H34F3N7O5/c1-29(2,3)44-28(41)38-9-7-37(8-10-38)22-12-23(36(4)20-15-42-16-20)24(11-21(22)30)39(17-40)14-19-6-5-18(13-33-19)26-34-35-27(43-26)25(31)32/h5-6,11-13,17,20,25H,7-10,14-16H2,1-4H3. The van der Waals surface area contributed by atoms with Gasteiger partial charge in [-0.25, -0.2) is 9.18 Å². The molecular weight excluding hydrogens is 583 g/mol. The van der Waals surface area contributed by atoms with Crippen molar-refractivity contribution in [3.8, 4) is 11.5 Å². The Labute approximate surface area is 252 Å². The Morgan fingerprint density at radius 1 is 1.14 bits per heavy atom. The van der Waals surface area contributed by atoms with E-state index in [0.29, 0.717) is 74.1 Å². The average molecular weight is 618 g/mol. The molecule has 0 N–H and O–H groups in total. The SMILES string of the molecule is CN(c1cc(N2CCN(C(=O)OC(C)(C)C)CC2)c(F)cc1N(C=O)Cc1ccc(-c2nnc(C(F)F)o2)cn1)C1COC1. The lowest BCUT2D eigenvalue weighted by Crippen LogP contribution is -2.50. The van der Waals surface area contributed by atoms with E-state index in [1.807, 2.05) is 16.8 Å². The number of rotatable bonds is 9. The summed E-state index contributed by atoms with van der Waals surface area (Å²) in [4.78, 5) is 36.0. The molecule has 44 heavy (non-hydrogen) atoms. The summed E-state index contributed by atoms with van der Waals surface area (Å²) in [5, 5.41) is 6.93. The molecule has 3 aromatic rings. The second kappa shape index (κ2) is 12.7. The minimum absolute atomic E-state index is 0.00521. The van der Waals surface area contributed by atoms with Crippen molar-refractivity contribution in [2.45, 2.75) is 45.4 Å². The summed E-state index contributed by atoms with van der Waals surface area (Å²) in [6.07, 6.45) is -1.32. The van der Waals surface area contributed by atoms with Crippen molar-refractivity contribution in [2.24, 2.45) is 0 Å². The van der Waals surface area contributed by atoms with E-state index in [1.165, 1.54) is 17.2 Å². The summed E-state index contributed by atoms with van der Waals surface area (Å²) in [6.45, 7) is 7.94. The number of anilines is 3. The van der Waals surface area contributed by atoms with Crippen LogP contribution in [0.3, 0.4) is 0 Å². The van der Waals surface area contributed by atoms with E-state index in [-0.39, 0.29) is 18.5 Å². The smallest absolute Gasteiger partial charge is 0.410 e. The molecule has 2 saturated heterocycles. The molecule has 2 aliphatic heterocycles. The maximum absolute atomic E-state index is 15.8. The first kappa shape index (κ1) is 31.0. The Kier molecular flexibility index (Phi) is 8.95. The lowest BCUT2D eigenvalue weighted by molar-refractivity contribution is -0.107. The summed E-state index contributed by atoms with van der Waals surface area (Å²) in [6, 6.07) is 6.24. The average Bonchev–Trinajstić information content (AvgIpc) is 3.45. The summed E-state index contributed by atoms with van der Waals surface area (Å²) < 4.78 is 57.2. The molecule has 4 heterocycles. The molecule has 1 aromatic carbocycles. The molecule has 2 amide bonds. The molecule has 0 unspecified atom stereocenters. The predicted molar refractivity (Wildman–Crippen MR) is 154 cm³/mol. The van der Waals surface area contributed by atoms with Gasteiger partial charge < -0.3 is 33.5 Å². The molecule has 5 rings (SSSR count). The van der Waals surface area contributed by atoms with Crippen molar-refractivity contribution in [2.75, 3.05) is 61.1 Å². The molecule has 2 aliphatic rings. The molecule has 0 atom stereocenters. The summed E-state index contributed by atoms with van der Waals surface area (Å²) in [7, 11) is 1.86. The van der Waals surface area contributed by atoms with Gasteiger partial charge in [0, 0.05) is 45.5 Å². The van der Waals surface area contributed by atoms with Crippen molar-refractivity contribution in [3.05, 3.63) is 47.9 Å². The first-order chi connectivity index (χ1) is 20.9. The third kappa shape index (κ3) is 6.87. The Hall–Kier alpha value is -4.40. The van der Waals surface area contributed by atoms with Gasteiger partial charge in [0.2, 0.25) is 12.3 Å². The number of hydrogen-bond acceptors (Lipinski definition) is 10. The van der Waals surface area contributed by atoms with Crippen LogP contribution in [0.4, 0.5) is 35.0 Å². The van der Waals surface area contributed by atoms with Crippen LogP contribution in [0.5, 0.6) is 0 Å². The van der Waals surface area contributed by atoms with Gasteiger partial charge in [0.05, 0.1) is 54.1 Å². The van der Waals surface area contributed by atoms with Gasteiger partial charge in [-0.15, -0.1) is 10.2 Å². The molecule has 15 heteroatoms. The van der Waals surface area contributed by atoms with Crippen LogP contribution in [-0.2, 0) is 20.8 Å². The Bertz CT molecular complexity index is 1470. The van der Waals surface area contributed by atoms with Gasteiger partial charge in [0.25, 0.3) is 5.89 Å². The number of carbonyl (C=O) groups excluding carboxylic acids is 2. The van der Waals surface area contributed by atoms with Gasteiger partial charge in [-0.2, -0.15) is 8.78 Å². The normalized spacial score (nSPS) is 15.7. The number of benzene rings is 1. The van der Waals surface area contributed by atoms with Gasteiger partial charge in [-0.1, -0.05) is 0 Å². The maximum atomic E-state index is 15.8. The molecule has 0 saturated carbocycles. The number of piperazine rings is 1. The molecule has 0 aliphatic carbocycles. The molecule has 0 radical (unpaired) electrons. The van der Waals surface area contributed by atoms with Crippen LogP contribution < -0.4 is 14.7 Å². The van der Waals surface area contributed by atoms with Crippen LogP contribution in [0, 0.1) is 5.82 Å². The maximum Gasteiger partial charge on any atom is 0.410 e. The molecule has 12 nitrogen and oxygen atoms in total. The predicted octanol–water partition coefficient (Wildman–Crippen LogP) is 4.26. The van der Waals surface area contributed by atoms with Crippen molar-refractivity contribution in [3.63, 3.8) is 0 Å². The fourth-order valence-electron chi connectivity index (χ4n) is 4.83. The zero-order valence-corrected chi connectivity index (χ0v) is 24.9. The molecule has 0 bridgehead atoms. The van der Waals surface area contributed by atoms with Crippen molar-refractivity contribution in [1.82, 2.24) is 20.1 Å². The first-order valence-electron chi connectivity index (χ1n) is 14.1. The number of likely N-dealkylation sites (N-methyl/N-ethyl adjacent to an activating group) is 1. The minimum atomic E-state index is -2.89. The Balaban J connectivity index is 1.36. The summed E-state index contributed by atoms with van der Waals surface area (Å²) >= 11 is 0. The van der Waals surface area contributed by atoms with E-state index in [9.17, 15) is 18.4 Å². The molecular formula is C29H34F3N7O5. The van der Waals surface area contributed by atoms with E-state index in [2.05, 4.69) is 15.2 Å². The van der Waals surface area contributed by atoms with Gasteiger partial charge >= 0.3 is 12.5 Å². The second-order valence-corrected chi connectivity index (χ2v) is 11.6. The van der Waals surface area contributed by atoms with Gasteiger partial charge in [0.1, 0.15) is 11.4 Å². The van der Waals surface area contributed by atoms with Crippen molar-refractivity contribution < 1.29 is 36.7 Å². The zero-order valence-electron chi connectivity index (χ0n) is 24.9. The fraction of sp³-hybridized carbons (Fsp3) is 0.483. The lowest BCUT2D eigenvalue weighted by Gasteiger charge is -2.40. The van der Waals surface area contributed by atoms with Crippen LogP contribution in [0.15, 0.2) is 34.9 Å². The fourth-order valence-corrected chi connectivity index (χ4v) is 4.83. The highest BCUT2D eigenvalue weighted by atomic mass is 19.3. The van der Waals surface area contributed by atoms with E-state index in [1.54, 1.807) is 43.9 Å². The second-order valence-electron chi connectivity index (χ2n) is 11.6. The number of pyridine rings is 1. The van der Waals surface area contributed by atoms with Crippen LogP contribution in [-0.4, -0.2) is 90.7 Å². The number of amides is 2. The Morgan fingerprint density at radius 2 is 1.86 bits per heavy atom. The van der Waals surface area contributed by atoms with Gasteiger partial charge in [-0.05, 0) is 39.0 Å². The van der Waals surface area contributed by atoms with Crippen LogP contribution in [0.25, 0.3) is 11.5 Å². The molecule has 2 fully saturated rings. The van der Waals surface area contributed by atoms with Crippen molar-refractivity contribution in [1.29, 1.82) is 0 Å². The highest BCUT2D eigenvalue weighted by Gasteiger charge is 2.31. The number of aromatic nitrogens is 3. The zero-order chi connectivity index (χ0) is 31.6. The number of nitrogens with zero attached hydrogens (tertiary/aromatic N) is 7. The van der Waals surface area contributed by atoms with E-state index in [0.717, 1.165) is 0 Å². The molecule has 2 aromatic heterocycles. The molecule has 236 valence electrons. The van der Waals surface area contributed by atoms with E-state index in [4.69, 9.17) is 13.9 Å². The number of carbonyl (C=O) groups is 2. The number of ether oxygens (including phenoxy) is 2. The van der Waals surface area contributed by atoms with Crippen LogP contribution in [0.1, 0.15) is 38.8 Å². The highest BCUT2D eigenvalue weighted by molar-refractivity contribution is 5.86. The summed E-state index contributed by atoms with van der Waals surface area (Å²) in [5.74, 6) is -1.42. The van der Waals surface area contributed by atoms with Crippen LogP contribution in [0.2, 0.25) is 0 Å². The third-order valence-corrected chi connectivity index (χ3v) is 7.33. The molecule has 0 spiro atoms. The number of halogens is 3. The monoisotopic (exact) mass is 617 g/mol.